The van der Waals surface area contributed by atoms with Crippen molar-refractivity contribution in [2.45, 2.75) is 31.6 Å². The smallest absolute Gasteiger partial charge is 0.284 e. The molecule has 0 saturated heterocycles. The summed E-state index contributed by atoms with van der Waals surface area (Å²) >= 11 is 0. The van der Waals surface area contributed by atoms with E-state index in [-0.39, 0.29) is 4.90 Å². The summed E-state index contributed by atoms with van der Waals surface area (Å²) < 4.78 is 35.1. The second-order valence-corrected chi connectivity index (χ2v) is 9.08. The Hall–Kier alpha value is -3.13. The first kappa shape index (κ1) is 20.2. The van der Waals surface area contributed by atoms with E-state index in [4.69, 9.17) is 4.42 Å². The predicted octanol–water partition coefficient (Wildman–Crippen LogP) is 3.40. The van der Waals surface area contributed by atoms with E-state index in [2.05, 4.69) is 34.6 Å². The SMILES string of the molecule is CC(C)C1=CCN2C(=C1)NC=CC2=NS(=O)(=O)c1ccc(CCc2ncco2)cc1. The number of nitrogens with zero attached hydrogens (tertiary/aromatic N) is 3. The van der Waals surface area contributed by atoms with Crippen LogP contribution < -0.4 is 5.32 Å². The third-order valence-corrected chi connectivity index (χ3v) is 6.35. The normalized spacial score (nSPS) is 17.6. The van der Waals surface area contributed by atoms with Gasteiger partial charge in [-0.05, 0) is 47.8 Å². The van der Waals surface area contributed by atoms with E-state index in [1.165, 1.54) is 5.57 Å². The quantitative estimate of drug-likeness (QED) is 0.765. The zero-order chi connectivity index (χ0) is 21.1. The number of hydrogen-bond donors (Lipinski definition) is 1. The third-order valence-electron chi connectivity index (χ3n) is 5.06. The van der Waals surface area contributed by atoms with Crippen molar-refractivity contribution in [3.63, 3.8) is 0 Å². The molecule has 8 heteroatoms. The maximum atomic E-state index is 12.9. The predicted molar refractivity (Wildman–Crippen MR) is 115 cm³/mol. The average molecular weight is 425 g/mol. The molecule has 2 aliphatic rings. The van der Waals surface area contributed by atoms with Crippen LogP contribution in [0.2, 0.25) is 0 Å². The summed E-state index contributed by atoms with van der Waals surface area (Å²) in [6.07, 6.45) is 12.1. The minimum atomic E-state index is -3.83. The lowest BCUT2D eigenvalue weighted by atomic mass is 10.00. The average Bonchev–Trinajstić information content (AvgIpc) is 3.26. The van der Waals surface area contributed by atoms with E-state index in [9.17, 15) is 8.42 Å². The van der Waals surface area contributed by atoms with Gasteiger partial charge in [0.15, 0.2) is 5.89 Å². The summed E-state index contributed by atoms with van der Waals surface area (Å²) in [5.41, 5.74) is 2.22. The Morgan fingerprint density at radius 2 is 2.03 bits per heavy atom. The fourth-order valence-corrected chi connectivity index (χ4v) is 4.32. The van der Waals surface area contributed by atoms with Crippen molar-refractivity contribution in [2.75, 3.05) is 6.54 Å². The lowest BCUT2D eigenvalue weighted by Crippen LogP contribution is -2.40. The highest BCUT2D eigenvalue weighted by Crippen LogP contribution is 2.23. The number of aromatic nitrogens is 1. The van der Waals surface area contributed by atoms with Crippen LogP contribution in [-0.2, 0) is 22.9 Å². The lowest BCUT2D eigenvalue weighted by molar-refractivity contribution is 0.494. The van der Waals surface area contributed by atoms with Gasteiger partial charge in [-0.25, -0.2) is 4.98 Å². The largest absolute Gasteiger partial charge is 0.449 e. The van der Waals surface area contributed by atoms with Gasteiger partial charge in [0.25, 0.3) is 10.0 Å². The minimum Gasteiger partial charge on any atom is -0.449 e. The Balaban J connectivity index is 1.51. The molecule has 7 nitrogen and oxygen atoms in total. The zero-order valence-electron chi connectivity index (χ0n) is 16.9. The van der Waals surface area contributed by atoms with Gasteiger partial charge in [-0.1, -0.05) is 32.1 Å². The van der Waals surface area contributed by atoms with Gasteiger partial charge in [0.1, 0.15) is 17.9 Å². The molecule has 0 fully saturated rings. The van der Waals surface area contributed by atoms with Crippen LogP contribution in [0.3, 0.4) is 0 Å². The molecule has 2 aromatic rings. The number of allylic oxidation sites excluding steroid dienone is 2. The molecule has 1 N–H and O–H groups in total. The molecule has 0 bridgehead atoms. The molecule has 1 aromatic heterocycles. The summed E-state index contributed by atoms with van der Waals surface area (Å²) in [7, 11) is -3.83. The fourth-order valence-electron chi connectivity index (χ4n) is 3.33. The van der Waals surface area contributed by atoms with Crippen molar-refractivity contribution in [1.82, 2.24) is 15.2 Å². The highest BCUT2D eigenvalue weighted by molar-refractivity contribution is 7.90. The number of hydrogen-bond acceptors (Lipinski definition) is 5. The van der Waals surface area contributed by atoms with Crippen LogP contribution in [0.15, 0.2) is 86.3 Å². The summed E-state index contributed by atoms with van der Waals surface area (Å²) in [4.78, 5) is 6.12. The first-order chi connectivity index (χ1) is 14.4. The fraction of sp³-hybridized carbons (Fsp3) is 0.273. The molecule has 0 atom stereocenters. The second kappa shape index (κ2) is 8.31. The van der Waals surface area contributed by atoms with Crippen LogP contribution >= 0.6 is 0 Å². The number of aryl methyl sites for hydroxylation is 2. The monoisotopic (exact) mass is 424 g/mol. The van der Waals surface area contributed by atoms with Crippen molar-refractivity contribution in [3.8, 4) is 0 Å². The molecular weight excluding hydrogens is 400 g/mol. The number of sulfonamides is 1. The van der Waals surface area contributed by atoms with Crippen molar-refractivity contribution < 1.29 is 12.8 Å². The van der Waals surface area contributed by atoms with Gasteiger partial charge in [-0.3, -0.25) is 0 Å². The van der Waals surface area contributed by atoms with Crippen molar-refractivity contribution in [3.05, 3.63) is 84.0 Å². The van der Waals surface area contributed by atoms with Crippen molar-refractivity contribution in [1.29, 1.82) is 0 Å². The molecule has 0 aliphatic carbocycles. The van der Waals surface area contributed by atoms with Gasteiger partial charge in [0, 0.05) is 19.2 Å². The zero-order valence-corrected chi connectivity index (χ0v) is 17.8. The Morgan fingerprint density at radius 3 is 2.73 bits per heavy atom. The first-order valence-corrected chi connectivity index (χ1v) is 11.3. The molecule has 30 heavy (non-hydrogen) atoms. The highest BCUT2D eigenvalue weighted by Gasteiger charge is 2.24. The lowest BCUT2D eigenvalue weighted by Gasteiger charge is -2.32. The van der Waals surface area contributed by atoms with Crippen LogP contribution in [0.25, 0.3) is 0 Å². The summed E-state index contributed by atoms with van der Waals surface area (Å²) in [5.74, 6) is 2.29. The van der Waals surface area contributed by atoms with Crippen molar-refractivity contribution >= 4 is 15.9 Å². The first-order valence-electron chi connectivity index (χ1n) is 9.87. The summed E-state index contributed by atoms with van der Waals surface area (Å²) in [6.45, 7) is 4.84. The number of nitrogens with one attached hydrogen (secondary N) is 1. The topological polar surface area (TPSA) is 87.8 Å². The Labute approximate surface area is 176 Å². The van der Waals surface area contributed by atoms with Gasteiger partial charge in [0.2, 0.25) is 0 Å². The van der Waals surface area contributed by atoms with Gasteiger partial charge >= 0.3 is 0 Å². The molecule has 0 unspecified atom stereocenters. The number of fused-ring (bicyclic) bond motifs is 1. The van der Waals surface area contributed by atoms with Gasteiger partial charge in [-0.2, -0.15) is 8.42 Å². The maximum Gasteiger partial charge on any atom is 0.284 e. The molecule has 0 saturated carbocycles. The summed E-state index contributed by atoms with van der Waals surface area (Å²) in [5, 5.41) is 3.17. The molecule has 4 rings (SSSR count). The van der Waals surface area contributed by atoms with Crippen LogP contribution in [0, 0.1) is 5.92 Å². The van der Waals surface area contributed by atoms with Gasteiger partial charge in [-0.15, -0.1) is 4.40 Å². The summed E-state index contributed by atoms with van der Waals surface area (Å²) in [6, 6.07) is 6.80. The molecular formula is C22H24N4O3S. The molecule has 3 heterocycles. The number of oxazole rings is 1. The third kappa shape index (κ3) is 4.38. The van der Waals surface area contributed by atoms with Gasteiger partial charge in [0.05, 0.1) is 11.1 Å². The number of rotatable bonds is 6. The number of benzene rings is 1. The maximum absolute atomic E-state index is 12.9. The van der Waals surface area contributed by atoms with E-state index in [0.717, 1.165) is 17.8 Å². The minimum absolute atomic E-state index is 0.169. The van der Waals surface area contributed by atoms with E-state index in [0.29, 0.717) is 30.6 Å². The van der Waals surface area contributed by atoms with Crippen molar-refractivity contribution in [2.24, 2.45) is 10.3 Å². The molecule has 0 spiro atoms. The van der Waals surface area contributed by atoms with E-state index in [1.807, 2.05) is 11.0 Å². The van der Waals surface area contributed by atoms with Crippen LogP contribution in [0.4, 0.5) is 0 Å². The van der Waals surface area contributed by atoms with Crippen LogP contribution in [0.5, 0.6) is 0 Å². The second-order valence-electron chi connectivity index (χ2n) is 7.47. The Kier molecular flexibility index (Phi) is 5.59. The molecule has 156 valence electrons. The van der Waals surface area contributed by atoms with Crippen LogP contribution in [0.1, 0.15) is 25.3 Å². The van der Waals surface area contributed by atoms with E-state index >= 15 is 0 Å². The number of amidine groups is 1. The van der Waals surface area contributed by atoms with Crippen LogP contribution in [-0.4, -0.2) is 30.7 Å². The molecule has 1 aromatic carbocycles. The highest BCUT2D eigenvalue weighted by atomic mass is 32.2. The van der Waals surface area contributed by atoms with E-state index in [1.54, 1.807) is 49.0 Å². The standard InChI is InChI=1S/C22H24N4O3S/c1-16(2)18-10-13-26-20(9-11-23-21(26)15-18)25-30(27,28)19-6-3-17(4-7-19)5-8-22-24-12-14-29-22/h3-4,6-7,9-12,14-16,23H,5,8,13H2,1-2H3. The molecule has 0 amide bonds. The Bertz CT molecular complexity index is 1130. The molecule has 2 aliphatic heterocycles. The van der Waals surface area contributed by atoms with E-state index < -0.39 is 10.0 Å². The van der Waals surface area contributed by atoms with Gasteiger partial charge < -0.3 is 14.6 Å². The Morgan fingerprint density at radius 1 is 1.23 bits per heavy atom. The molecule has 0 radical (unpaired) electrons.